The van der Waals surface area contributed by atoms with Crippen molar-refractivity contribution in [3.8, 4) is 0 Å². The predicted octanol–water partition coefficient (Wildman–Crippen LogP) is 3.14. The van der Waals surface area contributed by atoms with Crippen molar-refractivity contribution in [2.45, 2.75) is 25.8 Å². The molecule has 1 unspecified atom stereocenters. The molecule has 0 amide bonds. The van der Waals surface area contributed by atoms with Crippen LogP contribution in [-0.4, -0.2) is 14.5 Å². The maximum Gasteiger partial charge on any atom is 0.201 e. The highest BCUT2D eigenvalue weighted by atomic mass is 15.2. The third-order valence-corrected chi connectivity index (χ3v) is 4.16. The highest BCUT2D eigenvalue weighted by Gasteiger charge is 2.31. The zero-order chi connectivity index (χ0) is 13.0. The first-order valence-corrected chi connectivity index (χ1v) is 6.77. The lowest BCUT2D eigenvalue weighted by atomic mass is 10.1. The Morgan fingerprint density at radius 3 is 2.84 bits per heavy atom. The Labute approximate surface area is 111 Å². The van der Waals surface area contributed by atoms with Crippen molar-refractivity contribution in [1.29, 1.82) is 0 Å². The van der Waals surface area contributed by atoms with Crippen LogP contribution in [0.25, 0.3) is 21.9 Å². The molecule has 0 spiro atoms. The minimum absolute atomic E-state index is 0.413. The van der Waals surface area contributed by atoms with Gasteiger partial charge in [0.1, 0.15) is 5.52 Å². The number of nitrogens with two attached hydrogens (primary N) is 1. The number of anilines is 1. The standard InChI is InChI=1S/C15H16N4/c1-9(10-6-7-10)19-14-11-4-2-3-5-12(11)17-8-13(14)18-15(19)16/h2-5,8-10H,6-7H2,1H3,(H2,16,18). The van der Waals surface area contributed by atoms with Gasteiger partial charge in [-0.3, -0.25) is 4.98 Å². The molecule has 96 valence electrons. The second-order valence-electron chi connectivity index (χ2n) is 5.43. The molecule has 0 radical (unpaired) electrons. The largest absolute Gasteiger partial charge is 0.369 e. The van der Waals surface area contributed by atoms with Crippen LogP contribution in [0, 0.1) is 5.92 Å². The summed E-state index contributed by atoms with van der Waals surface area (Å²) in [6.07, 6.45) is 4.41. The van der Waals surface area contributed by atoms with E-state index in [0.717, 1.165) is 27.9 Å². The monoisotopic (exact) mass is 252 g/mol. The molecule has 1 aliphatic carbocycles. The van der Waals surface area contributed by atoms with Gasteiger partial charge in [0.2, 0.25) is 5.95 Å². The summed E-state index contributed by atoms with van der Waals surface area (Å²) < 4.78 is 2.19. The van der Waals surface area contributed by atoms with Crippen LogP contribution in [0.1, 0.15) is 25.8 Å². The van der Waals surface area contributed by atoms with Crippen LogP contribution >= 0.6 is 0 Å². The zero-order valence-electron chi connectivity index (χ0n) is 10.9. The first-order valence-electron chi connectivity index (χ1n) is 6.77. The van der Waals surface area contributed by atoms with Gasteiger partial charge in [0.15, 0.2) is 0 Å². The lowest BCUT2D eigenvalue weighted by Crippen LogP contribution is -2.10. The molecule has 0 bridgehead atoms. The molecule has 4 heteroatoms. The fourth-order valence-corrected chi connectivity index (χ4v) is 2.94. The van der Waals surface area contributed by atoms with E-state index in [4.69, 9.17) is 5.73 Å². The molecule has 0 aliphatic heterocycles. The summed E-state index contributed by atoms with van der Waals surface area (Å²) in [6.45, 7) is 2.24. The van der Waals surface area contributed by atoms with Crippen molar-refractivity contribution in [3.05, 3.63) is 30.5 Å². The summed E-state index contributed by atoms with van der Waals surface area (Å²) >= 11 is 0. The highest BCUT2D eigenvalue weighted by Crippen LogP contribution is 2.42. The van der Waals surface area contributed by atoms with E-state index < -0.39 is 0 Å². The lowest BCUT2D eigenvalue weighted by molar-refractivity contribution is 0.504. The van der Waals surface area contributed by atoms with Crippen molar-refractivity contribution in [1.82, 2.24) is 14.5 Å². The highest BCUT2D eigenvalue weighted by molar-refractivity contribution is 6.03. The van der Waals surface area contributed by atoms with E-state index in [0.29, 0.717) is 12.0 Å². The third-order valence-electron chi connectivity index (χ3n) is 4.16. The maximum atomic E-state index is 6.13. The summed E-state index contributed by atoms with van der Waals surface area (Å²) in [5.41, 5.74) is 9.15. The molecule has 19 heavy (non-hydrogen) atoms. The van der Waals surface area contributed by atoms with Crippen LogP contribution in [-0.2, 0) is 0 Å². The van der Waals surface area contributed by atoms with Gasteiger partial charge in [-0.1, -0.05) is 18.2 Å². The number of aromatic nitrogens is 3. The van der Waals surface area contributed by atoms with Gasteiger partial charge in [-0.05, 0) is 31.7 Å². The Morgan fingerprint density at radius 2 is 2.05 bits per heavy atom. The predicted molar refractivity (Wildman–Crippen MR) is 76.9 cm³/mol. The third kappa shape index (κ3) is 1.52. The minimum atomic E-state index is 0.413. The van der Waals surface area contributed by atoms with Crippen molar-refractivity contribution in [2.24, 2.45) is 5.92 Å². The Hall–Kier alpha value is -2.10. The Morgan fingerprint density at radius 1 is 1.26 bits per heavy atom. The van der Waals surface area contributed by atoms with Gasteiger partial charge in [-0.15, -0.1) is 0 Å². The smallest absolute Gasteiger partial charge is 0.201 e. The van der Waals surface area contributed by atoms with Crippen molar-refractivity contribution >= 4 is 27.9 Å². The molecule has 2 aromatic heterocycles. The molecule has 2 N–H and O–H groups in total. The van der Waals surface area contributed by atoms with Gasteiger partial charge >= 0.3 is 0 Å². The number of benzene rings is 1. The van der Waals surface area contributed by atoms with Gasteiger partial charge in [0.25, 0.3) is 0 Å². The van der Waals surface area contributed by atoms with Crippen LogP contribution < -0.4 is 5.73 Å². The minimum Gasteiger partial charge on any atom is -0.369 e. The first-order chi connectivity index (χ1) is 9.25. The number of imidazole rings is 1. The summed E-state index contributed by atoms with van der Waals surface area (Å²) in [4.78, 5) is 8.92. The maximum absolute atomic E-state index is 6.13. The van der Waals surface area contributed by atoms with E-state index in [1.54, 1.807) is 0 Å². The molecule has 1 aromatic carbocycles. The topological polar surface area (TPSA) is 56.7 Å². The molecule has 2 heterocycles. The first kappa shape index (κ1) is 10.8. The normalized spacial score (nSPS) is 17.1. The molecule has 1 aliphatic rings. The number of fused-ring (bicyclic) bond motifs is 3. The zero-order valence-corrected chi connectivity index (χ0v) is 10.9. The number of hydrogen-bond acceptors (Lipinski definition) is 3. The van der Waals surface area contributed by atoms with E-state index in [2.05, 4.69) is 27.5 Å². The summed E-state index contributed by atoms with van der Waals surface area (Å²) in [5, 5.41) is 1.14. The average Bonchev–Trinajstić information content (AvgIpc) is 3.20. The van der Waals surface area contributed by atoms with Crippen molar-refractivity contribution in [3.63, 3.8) is 0 Å². The fourth-order valence-electron chi connectivity index (χ4n) is 2.94. The van der Waals surface area contributed by atoms with E-state index in [-0.39, 0.29) is 0 Å². The van der Waals surface area contributed by atoms with Gasteiger partial charge in [0, 0.05) is 11.4 Å². The molecule has 4 nitrogen and oxygen atoms in total. The number of pyridine rings is 1. The number of para-hydroxylation sites is 1. The number of rotatable bonds is 2. The summed E-state index contributed by atoms with van der Waals surface area (Å²) in [7, 11) is 0. The Balaban J connectivity index is 2.10. The van der Waals surface area contributed by atoms with Crippen LogP contribution in [0.3, 0.4) is 0 Å². The summed E-state index contributed by atoms with van der Waals surface area (Å²) in [5.74, 6) is 1.35. The molecule has 1 saturated carbocycles. The van der Waals surface area contributed by atoms with Gasteiger partial charge in [-0.2, -0.15) is 0 Å². The van der Waals surface area contributed by atoms with Crippen LogP contribution in [0.4, 0.5) is 5.95 Å². The number of nitrogens with zero attached hydrogens (tertiary/aromatic N) is 3. The van der Waals surface area contributed by atoms with E-state index >= 15 is 0 Å². The van der Waals surface area contributed by atoms with Crippen LogP contribution in [0.2, 0.25) is 0 Å². The van der Waals surface area contributed by atoms with Gasteiger partial charge < -0.3 is 10.3 Å². The molecule has 4 rings (SSSR count). The second kappa shape index (κ2) is 3.70. The average molecular weight is 252 g/mol. The van der Waals surface area contributed by atoms with E-state index in [9.17, 15) is 0 Å². The quantitative estimate of drug-likeness (QED) is 0.762. The Bertz CT molecular complexity index is 770. The number of nitrogen functional groups attached to an aromatic ring is 1. The van der Waals surface area contributed by atoms with E-state index in [1.165, 1.54) is 12.8 Å². The fraction of sp³-hybridized carbons (Fsp3) is 0.333. The van der Waals surface area contributed by atoms with Gasteiger partial charge in [0.05, 0.1) is 17.2 Å². The van der Waals surface area contributed by atoms with Crippen LogP contribution in [0.5, 0.6) is 0 Å². The number of hydrogen-bond donors (Lipinski definition) is 1. The molecular formula is C15H16N4. The SMILES string of the molecule is CC(C1CC1)n1c(N)nc2cnc3ccccc3c21. The van der Waals surface area contributed by atoms with Crippen LogP contribution in [0.15, 0.2) is 30.5 Å². The van der Waals surface area contributed by atoms with Crippen molar-refractivity contribution < 1.29 is 0 Å². The van der Waals surface area contributed by atoms with Gasteiger partial charge in [-0.25, -0.2) is 4.98 Å². The molecular weight excluding hydrogens is 236 g/mol. The molecule has 0 saturated heterocycles. The Kier molecular flexibility index (Phi) is 2.10. The van der Waals surface area contributed by atoms with E-state index in [1.807, 2.05) is 24.4 Å². The molecule has 1 fully saturated rings. The lowest BCUT2D eigenvalue weighted by Gasteiger charge is -2.15. The summed E-state index contributed by atoms with van der Waals surface area (Å²) in [6, 6.07) is 8.59. The van der Waals surface area contributed by atoms with Crippen molar-refractivity contribution in [2.75, 3.05) is 5.73 Å². The molecule has 3 aromatic rings. The second-order valence-corrected chi connectivity index (χ2v) is 5.43. The molecule has 1 atom stereocenters.